The fourth-order valence-electron chi connectivity index (χ4n) is 2.79. The molecule has 7 heteroatoms. The Bertz CT molecular complexity index is 809. The van der Waals surface area contributed by atoms with E-state index in [1.54, 1.807) is 0 Å². The summed E-state index contributed by atoms with van der Waals surface area (Å²) >= 11 is 0. The predicted octanol–water partition coefficient (Wildman–Crippen LogP) is 3.42. The zero-order chi connectivity index (χ0) is 20.9. The number of carbonyl (C=O) groups is 2. The zero-order valence-electron chi connectivity index (χ0n) is 17.1. The van der Waals surface area contributed by atoms with Crippen LogP contribution in [0, 0.1) is 12.7 Å². The lowest BCUT2D eigenvalue weighted by molar-refractivity contribution is -0.140. The number of anilines is 1. The lowest BCUT2D eigenvalue weighted by Crippen LogP contribution is -2.52. The van der Waals surface area contributed by atoms with E-state index < -0.39 is 5.54 Å². The van der Waals surface area contributed by atoms with E-state index in [-0.39, 0.29) is 30.7 Å². The van der Waals surface area contributed by atoms with Gasteiger partial charge in [-0.25, -0.2) is 4.39 Å². The molecule has 1 heterocycles. The van der Waals surface area contributed by atoms with Crippen LogP contribution in [0.5, 0.6) is 0 Å². The average Bonchev–Trinajstić information content (AvgIpc) is 2.98. The molecule has 0 radical (unpaired) electrons. The molecular weight excluding hydrogens is 361 g/mol. The summed E-state index contributed by atoms with van der Waals surface area (Å²) in [4.78, 5) is 28.6. The highest BCUT2D eigenvalue weighted by molar-refractivity contribution is 5.95. The second kappa shape index (κ2) is 9.01. The van der Waals surface area contributed by atoms with Crippen LogP contribution in [0.1, 0.15) is 32.3 Å². The number of nitrogens with one attached hydrogen (secondary N) is 1. The second-order valence-corrected chi connectivity index (χ2v) is 7.89. The number of benzene rings is 1. The molecular formula is C21H28FN3O3. The fraction of sp³-hybridized carbons (Fsp3) is 0.429. The number of aryl methyl sites for hydroxylation is 1. The van der Waals surface area contributed by atoms with Crippen LogP contribution in [0.15, 0.2) is 40.8 Å². The summed E-state index contributed by atoms with van der Waals surface area (Å²) in [5, 5.41) is 2.69. The van der Waals surface area contributed by atoms with Gasteiger partial charge >= 0.3 is 0 Å². The van der Waals surface area contributed by atoms with Crippen LogP contribution < -0.4 is 5.32 Å². The topological polar surface area (TPSA) is 65.8 Å². The van der Waals surface area contributed by atoms with Crippen molar-refractivity contribution in [2.75, 3.05) is 25.5 Å². The van der Waals surface area contributed by atoms with Crippen molar-refractivity contribution < 1.29 is 18.4 Å². The maximum absolute atomic E-state index is 13.0. The molecule has 0 spiro atoms. The Hall–Kier alpha value is -2.67. The van der Waals surface area contributed by atoms with Crippen molar-refractivity contribution >= 4 is 17.5 Å². The van der Waals surface area contributed by atoms with Gasteiger partial charge in [0.1, 0.15) is 23.9 Å². The minimum Gasteiger partial charge on any atom is -0.465 e. The number of amides is 2. The van der Waals surface area contributed by atoms with Gasteiger partial charge in [0.25, 0.3) is 0 Å². The molecule has 28 heavy (non-hydrogen) atoms. The third kappa shape index (κ3) is 6.49. The van der Waals surface area contributed by atoms with Gasteiger partial charge in [-0.2, -0.15) is 0 Å². The summed E-state index contributed by atoms with van der Waals surface area (Å²) in [5.41, 5.74) is -0.0442. The van der Waals surface area contributed by atoms with Gasteiger partial charge < -0.3 is 14.6 Å². The zero-order valence-corrected chi connectivity index (χ0v) is 17.1. The number of rotatable bonds is 7. The minimum absolute atomic E-state index is 0.0899. The number of likely N-dealkylation sites (N-methyl/N-ethyl adjacent to an activating group) is 1. The molecule has 0 fully saturated rings. The van der Waals surface area contributed by atoms with Gasteiger partial charge in [-0.15, -0.1) is 0 Å². The van der Waals surface area contributed by atoms with Crippen LogP contribution >= 0.6 is 0 Å². The van der Waals surface area contributed by atoms with Crippen molar-refractivity contribution in [1.29, 1.82) is 0 Å². The number of furan rings is 1. The molecule has 0 saturated carbocycles. The summed E-state index contributed by atoms with van der Waals surface area (Å²) in [6.45, 7) is 8.08. The third-order valence-electron chi connectivity index (χ3n) is 4.17. The Labute approximate surface area is 165 Å². The van der Waals surface area contributed by atoms with Gasteiger partial charge in [-0.3, -0.25) is 14.5 Å². The van der Waals surface area contributed by atoms with E-state index in [4.69, 9.17) is 4.42 Å². The molecule has 0 atom stereocenters. The molecule has 0 bridgehead atoms. The summed E-state index contributed by atoms with van der Waals surface area (Å²) < 4.78 is 18.5. The molecule has 0 saturated heterocycles. The summed E-state index contributed by atoms with van der Waals surface area (Å²) in [7, 11) is 1.83. The Morgan fingerprint density at radius 3 is 2.25 bits per heavy atom. The number of halogens is 1. The monoisotopic (exact) mass is 389 g/mol. The van der Waals surface area contributed by atoms with E-state index in [9.17, 15) is 14.0 Å². The van der Waals surface area contributed by atoms with Crippen molar-refractivity contribution in [2.45, 2.75) is 39.8 Å². The first-order chi connectivity index (χ1) is 13.0. The maximum Gasteiger partial charge on any atom is 0.244 e. The molecule has 2 rings (SSSR count). The Balaban J connectivity index is 1.98. The third-order valence-corrected chi connectivity index (χ3v) is 4.17. The summed E-state index contributed by atoms with van der Waals surface area (Å²) in [6.07, 6.45) is 0. The van der Waals surface area contributed by atoms with E-state index in [1.807, 2.05) is 51.8 Å². The summed E-state index contributed by atoms with van der Waals surface area (Å²) in [6, 6.07) is 9.27. The van der Waals surface area contributed by atoms with Crippen molar-refractivity contribution in [3.63, 3.8) is 0 Å². The highest BCUT2D eigenvalue weighted by atomic mass is 19.1. The van der Waals surface area contributed by atoms with Crippen LogP contribution in [0.2, 0.25) is 0 Å². The number of hydrogen-bond donors (Lipinski definition) is 1. The lowest BCUT2D eigenvalue weighted by atomic mass is 10.1. The van der Waals surface area contributed by atoms with Crippen LogP contribution in [-0.2, 0) is 16.1 Å². The van der Waals surface area contributed by atoms with Crippen molar-refractivity contribution in [2.24, 2.45) is 0 Å². The minimum atomic E-state index is -0.528. The van der Waals surface area contributed by atoms with Gasteiger partial charge in [0, 0.05) is 11.2 Å². The van der Waals surface area contributed by atoms with E-state index >= 15 is 0 Å². The normalized spacial score (nSPS) is 11.5. The lowest BCUT2D eigenvalue weighted by Gasteiger charge is -2.36. The van der Waals surface area contributed by atoms with E-state index in [0.717, 1.165) is 11.5 Å². The first kappa shape index (κ1) is 21.6. The van der Waals surface area contributed by atoms with Gasteiger partial charge in [-0.05, 0) is 71.1 Å². The number of hydrogen-bond acceptors (Lipinski definition) is 4. The molecule has 2 amide bonds. The molecule has 0 aliphatic carbocycles. The van der Waals surface area contributed by atoms with Gasteiger partial charge in [-0.1, -0.05) is 0 Å². The molecule has 1 aromatic carbocycles. The molecule has 6 nitrogen and oxygen atoms in total. The van der Waals surface area contributed by atoms with Crippen molar-refractivity contribution in [3.05, 3.63) is 53.7 Å². The number of carbonyl (C=O) groups excluding carboxylic acids is 2. The van der Waals surface area contributed by atoms with Crippen LogP contribution in [0.4, 0.5) is 10.1 Å². The molecule has 0 aliphatic rings. The molecule has 0 unspecified atom stereocenters. The highest BCUT2D eigenvalue weighted by Crippen LogP contribution is 2.16. The summed E-state index contributed by atoms with van der Waals surface area (Å²) in [5.74, 6) is 0.735. The smallest absolute Gasteiger partial charge is 0.244 e. The molecule has 2 aromatic rings. The van der Waals surface area contributed by atoms with E-state index in [1.165, 1.54) is 29.2 Å². The average molecular weight is 389 g/mol. The standard InChI is InChI=1S/C21H28FN3O3/c1-15-6-11-18(28-15)12-24(5)14-20(27)25(21(2,3)4)13-19(26)23-17-9-7-16(22)8-10-17/h6-11H,12-14H2,1-5H3,(H,23,26). The first-order valence-electron chi connectivity index (χ1n) is 9.14. The van der Waals surface area contributed by atoms with E-state index in [2.05, 4.69) is 5.32 Å². The van der Waals surface area contributed by atoms with E-state index in [0.29, 0.717) is 12.2 Å². The second-order valence-electron chi connectivity index (χ2n) is 7.89. The first-order valence-corrected chi connectivity index (χ1v) is 9.14. The quantitative estimate of drug-likeness (QED) is 0.788. The van der Waals surface area contributed by atoms with Gasteiger partial charge in [0.15, 0.2) is 0 Å². The van der Waals surface area contributed by atoms with Crippen LogP contribution in [0.25, 0.3) is 0 Å². The molecule has 152 valence electrons. The molecule has 1 N–H and O–H groups in total. The van der Waals surface area contributed by atoms with Gasteiger partial charge in [0.2, 0.25) is 11.8 Å². The molecule has 1 aromatic heterocycles. The SMILES string of the molecule is Cc1ccc(CN(C)CC(=O)N(CC(=O)Nc2ccc(F)cc2)C(C)(C)C)o1. The van der Waals surface area contributed by atoms with Gasteiger partial charge in [0.05, 0.1) is 13.1 Å². The number of nitrogens with zero attached hydrogens (tertiary/aromatic N) is 2. The largest absolute Gasteiger partial charge is 0.465 e. The molecule has 0 aliphatic heterocycles. The Morgan fingerprint density at radius 1 is 1.07 bits per heavy atom. The van der Waals surface area contributed by atoms with Crippen LogP contribution in [0.3, 0.4) is 0 Å². The van der Waals surface area contributed by atoms with Crippen molar-refractivity contribution in [3.8, 4) is 0 Å². The highest BCUT2D eigenvalue weighted by Gasteiger charge is 2.29. The van der Waals surface area contributed by atoms with Crippen LogP contribution in [-0.4, -0.2) is 47.3 Å². The maximum atomic E-state index is 13.0. The van der Waals surface area contributed by atoms with Crippen molar-refractivity contribution in [1.82, 2.24) is 9.80 Å². The predicted molar refractivity (Wildman–Crippen MR) is 106 cm³/mol. The Morgan fingerprint density at radius 2 is 1.71 bits per heavy atom. The Kier molecular flexibility index (Phi) is 6.96. The fourth-order valence-corrected chi connectivity index (χ4v) is 2.79.